The Kier molecular flexibility index (Phi) is 6.92. The van der Waals surface area contributed by atoms with Crippen LogP contribution in [0.4, 0.5) is 0 Å². The fraction of sp³-hybridized carbons (Fsp3) is 0.304. The molecule has 3 aromatic rings. The van der Waals surface area contributed by atoms with Crippen molar-refractivity contribution in [1.82, 2.24) is 19.4 Å². The summed E-state index contributed by atoms with van der Waals surface area (Å²) in [6, 6.07) is 15.5. The van der Waals surface area contributed by atoms with E-state index in [-0.39, 0.29) is 16.8 Å². The number of amides is 1. The van der Waals surface area contributed by atoms with E-state index < -0.39 is 10.0 Å². The number of carbonyl (C=O) groups excluding carboxylic acids is 1. The van der Waals surface area contributed by atoms with Gasteiger partial charge in [0.15, 0.2) is 0 Å². The lowest BCUT2D eigenvalue weighted by Crippen LogP contribution is -2.30. The monoisotopic (exact) mass is 440 g/mol. The van der Waals surface area contributed by atoms with Crippen LogP contribution in [0.25, 0.3) is 5.69 Å². The molecular formula is C23H28N4O3S. The lowest BCUT2D eigenvalue weighted by Gasteiger charge is -2.19. The summed E-state index contributed by atoms with van der Waals surface area (Å²) < 4.78 is 28.5. The summed E-state index contributed by atoms with van der Waals surface area (Å²) in [4.78, 5) is 12.9. The van der Waals surface area contributed by atoms with Gasteiger partial charge in [-0.2, -0.15) is 9.40 Å². The van der Waals surface area contributed by atoms with Crippen LogP contribution in [0.2, 0.25) is 0 Å². The Bertz CT molecular complexity index is 1130. The van der Waals surface area contributed by atoms with Crippen molar-refractivity contribution in [3.8, 4) is 5.69 Å². The number of aryl methyl sites for hydroxylation is 1. The van der Waals surface area contributed by atoms with Gasteiger partial charge in [-0.1, -0.05) is 26.0 Å². The second-order valence-electron chi connectivity index (χ2n) is 7.28. The molecule has 2 aromatic carbocycles. The van der Waals surface area contributed by atoms with E-state index in [1.807, 2.05) is 45.9 Å². The van der Waals surface area contributed by atoms with Crippen LogP contribution in [0.3, 0.4) is 0 Å². The van der Waals surface area contributed by atoms with Crippen LogP contribution in [0, 0.1) is 6.92 Å². The number of hydrogen-bond donors (Lipinski definition) is 1. The van der Waals surface area contributed by atoms with Crippen molar-refractivity contribution in [3.05, 3.63) is 77.6 Å². The molecule has 3 rings (SSSR count). The predicted molar refractivity (Wildman–Crippen MR) is 121 cm³/mol. The standard InChI is InChI=1S/C23H28N4O3S/c1-5-26(6-2)31(29,30)22-13-9-19(10-14-22)18(4)25-23(28)20-7-11-21(12-8-20)27-17(3)15-16-24-27/h7-16,18H,5-6H2,1-4H3,(H,25,28)/t18-/m1/s1. The smallest absolute Gasteiger partial charge is 0.251 e. The van der Waals surface area contributed by atoms with Crippen molar-refractivity contribution in [2.24, 2.45) is 0 Å². The van der Waals surface area contributed by atoms with Gasteiger partial charge in [-0.25, -0.2) is 13.1 Å². The van der Waals surface area contributed by atoms with Crippen LogP contribution in [0.5, 0.6) is 0 Å². The molecule has 1 heterocycles. The highest BCUT2D eigenvalue weighted by Gasteiger charge is 2.21. The maximum Gasteiger partial charge on any atom is 0.251 e. The highest BCUT2D eigenvalue weighted by atomic mass is 32.2. The highest BCUT2D eigenvalue weighted by Crippen LogP contribution is 2.20. The van der Waals surface area contributed by atoms with Crippen molar-refractivity contribution in [2.75, 3.05) is 13.1 Å². The zero-order chi connectivity index (χ0) is 22.6. The van der Waals surface area contributed by atoms with E-state index in [4.69, 9.17) is 0 Å². The minimum atomic E-state index is -3.50. The molecule has 1 amide bonds. The maximum atomic E-state index is 12.7. The molecule has 0 radical (unpaired) electrons. The molecule has 0 saturated heterocycles. The van der Waals surface area contributed by atoms with Crippen LogP contribution >= 0.6 is 0 Å². The Morgan fingerprint density at radius 2 is 1.65 bits per heavy atom. The number of carbonyl (C=O) groups is 1. The molecule has 7 nitrogen and oxygen atoms in total. The first-order chi connectivity index (χ1) is 14.8. The van der Waals surface area contributed by atoms with E-state index in [9.17, 15) is 13.2 Å². The molecule has 0 aliphatic carbocycles. The molecule has 164 valence electrons. The first-order valence-electron chi connectivity index (χ1n) is 10.3. The molecule has 1 atom stereocenters. The fourth-order valence-corrected chi connectivity index (χ4v) is 4.86. The number of nitrogens with one attached hydrogen (secondary N) is 1. The van der Waals surface area contributed by atoms with Gasteiger partial charge in [0, 0.05) is 30.5 Å². The zero-order valence-electron chi connectivity index (χ0n) is 18.2. The van der Waals surface area contributed by atoms with Crippen molar-refractivity contribution >= 4 is 15.9 Å². The van der Waals surface area contributed by atoms with E-state index in [1.165, 1.54) is 4.31 Å². The first kappa shape index (κ1) is 22.7. The molecule has 8 heteroatoms. The second-order valence-corrected chi connectivity index (χ2v) is 9.22. The summed E-state index contributed by atoms with van der Waals surface area (Å²) in [5.41, 5.74) is 3.27. The molecule has 0 fully saturated rings. The molecule has 0 unspecified atom stereocenters. The highest BCUT2D eigenvalue weighted by molar-refractivity contribution is 7.89. The topological polar surface area (TPSA) is 84.3 Å². The van der Waals surface area contributed by atoms with Crippen molar-refractivity contribution in [1.29, 1.82) is 0 Å². The average Bonchev–Trinajstić information content (AvgIpc) is 3.20. The van der Waals surface area contributed by atoms with Gasteiger partial charge in [0.2, 0.25) is 10.0 Å². The Morgan fingerprint density at radius 1 is 1.03 bits per heavy atom. The van der Waals surface area contributed by atoms with Crippen molar-refractivity contribution in [2.45, 2.75) is 38.6 Å². The van der Waals surface area contributed by atoms with E-state index in [0.717, 1.165) is 16.9 Å². The summed E-state index contributed by atoms with van der Waals surface area (Å²) in [6.45, 7) is 8.31. The van der Waals surface area contributed by atoms with E-state index >= 15 is 0 Å². The molecule has 0 aliphatic rings. The summed E-state index contributed by atoms with van der Waals surface area (Å²) >= 11 is 0. The van der Waals surface area contributed by atoms with Crippen LogP contribution in [0.1, 0.15) is 48.4 Å². The van der Waals surface area contributed by atoms with Gasteiger partial charge in [0.05, 0.1) is 16.6 Å². The van der Waals surface area contributed by atoms with Crippen LogP contribution in [0.15, 0.2) is 65.7 Å². The summed E-state index contributed by atoms with van der Waals surface area (Å²) in [5, 5.41) is 7.23. The van der Waals surface area contributed by atoms with E-state index in [2.05, 4.69) is 10.4 Å². The lowest BCUT2D eigenvalue weighted by atomic mass is 10.1. The molecule has 31 heavy (non-hydrogen) atoms. The fourth-order valence-electron chi connectivity index (χ4n) is 3.40. The molecule has 1 N–H and O–H groups in total. The van der Waals surface area contributed by atoms with E-state index in [0.29, 0.717) is 18.7 Å². The van der Waals surface area contributed by atoms with Gasteiger partial charge in [-0.3, -0.25) is 4.79 Å². The van der Waals surface area contributed by atoms with Gasteiger partial charge in [-0.05, 0) is 61.9 Å². The number of nitrogens with zero attached hydrogens (tertiary/aromatic N) is 3. The summed E-state index contributed by atoms with van der Waals surface area (Å²) in [6.07, 6.45) is 1.73. The largest absolute Gasteiger partial charge is 0.346 e. The SMILES string of the molecule is CCN(CC)S(=O)(=O)c1ccc([C@@H](C)NC(=O)c2ccc(-n3nccc3C)cc2)cc1. The zero-order valence-corrected chi connectivity index (χ0v) is 19.1. The summed E-state index contributed by atoms with van der Waals surface area (Å²) in [7, 11) is -3.50. The average molecular weight is 441 g/mol. The number of rotatable bonds is 8. The Balaban J connectivity index is 1.69. The molecule has 0 bridgehead atoms. The van der Waals surface area contributed by atoms with Crippen molar-refractivity contribution < 1.29 is 13.2 Å². The second kappa shape index (κ2) is 9.45. The van der Waals surface area contributed by atoms with Gasteiger partial charge in [-0.15, -0.1) is 0 Å². The number of sulfonamides is 1. The summed E-state index contributed by atoms with van der Waals surface area (Å²) in [5.74, 6) is -0.198. The lowest BCUT2D eigenvalue weighted by molar-refractivity contribution is 0.0940. The van der Waals surface area contributed by atoms with Crippen molar-refractivity contribution in [3.63, 3.8) is 0 Å². The number of aromatic nitrogens is 2. The quantitative estimate of drug-likeness (QED) is 0.579. The minimum Gasteiger partial charge on any atom is -0.346 e. The Morgan fingerprint density at radius 3 is 2.16 bits per heavy atom. The Labute approximate surface area is 183 Å². The molecule has 0 spiro atoms. The molecule has 1 aromatic heterocycles. The first-order valence-corrected chi connectivity index (χ1v) is 11.7. The van der Waals surface area contributed by atoms with E-state index in [1.54, 1.807) is 47.3 Å². The van der Waals surface area contributed by atoms with Gasteiger partial charge in [0.25, 0.3) is 5.91 Å². The van der Waals surface area contributed by atoms with Crippen LogP contribution in [-0.4, -0.2) is 41.5 Å². The van der Waals surface area contributed by atoms with Crippen LogP contribution in [-0.2, 0) is 10.0 Å². The third kappa shape index (κ3) is 4.86. The van der Waals surface area contributed by atoms with Gasteiger partial charge < -0.3 is 5.32 Å². The third-order valence-corrected chi connectivity index (χ3v) is 7.34. The molecular weight excluding hydrogens is 412 g/mol. The van der Waals surface area contributed by atoms with Gasteiger partial charge >= 0.3 is 0 Å². The van der Waals surface area contributed by atoms with Gasteiger partial charge in [0.1, 0.15) is 0 Å². The Hall–Kier alpha value is -2.97. The van der Waals surface area contributed by atoms with Crippen LogP contribution < -0.4 is 5.32 Å². The number of hydrogen-bond acceptors (Lipinski definition) is 4. The predicted octanol–water partition coefficient (Wildman–Crippen LogP) is 3.70. The minimum absolute atomic E-state index is 0.198. The number of benzene rings is 2. The third-order valence-electron chi connectivity index (χ3n) is 5.28. The molecule has 0 saturated carbocycles. The normalized spacial score (nSPS) is 12.7. The maximum absolute atomic E-state index is 12.7. The molecule has 0 aliphatic heterocycles.